The summed E-state index contributed by atoms with van der Waals surface area (Å²) in [5, 5.41) is 7.81. The van der Waals surface area contributed by atoms with Crippen molar-refractivity contribution in [1.82, 2.24) is 25.1 Å². The Morgan fingerprint density at radius 2 is 2.23 bits per heavy atom. The lowest BCUT2D eigenvalue weighted by atomic mass is 10.3. The van der Waals surface area contributed by atoms with Crippen molar-refractivity contribution in [3.8, 4) is 0 Å². The van der Waals surface area contributed by atoms with Crippen LogP contribution in [0.4, 0.5) is 5.95 Å². The Morgan fingerprint density at radius 1 is 1.41 bits per heavy atom. The number of thioether (sulfide) groups is 1. The number of thiazole rings is 1. The average molecular weight is 334 g/mol. The fourth-order valence-electron chi connectivity index (χ4n) is 1.84. The topological polar surface area (TPSA) is 101 Å². The van der Waals surface area contributed by atoms with Crippen LogP contribution in [0.25, 0.3) is 10.2 Å². The Labute approximate surface area is 134 Å². The number of aromatic nitrogens is 4. The van der Waals surface area contributed by atoms with E-state index in [2.05, 4.69) is 20.2 Å². The zero-order valence-corrected chi connectivity index (χ0v) is 13.4. The number of anilines is 1. The molecule has 114 valence electrons. The maximum absolute atomic E-state index is 12.1. The molecule has 0 fully saturated rings. The summed E-state index contributed by atoms with van der Waals surface area (Å²) < 4.78 is 1.13. The van der Waals surface area contributed by atoms with Gasteiger partial charge in [0.1, 0.15) is 5.01 Å². The molecule has 0 saturated carbocycles. The summed E-state index contributed by atoms with van der Waals surface area (Å²) in [6, 6.07) is 7.95. The number of carbonyl (C=O) groups is 1. The summed E-state index contributed by atoms with van der Waals surface area (Å²) in [6.07, 6.45) is 0. The van der Waals surface area contributed by atoms with Gasteiger partial charge in [0.15, 0.2) is 0 Å². The summed E-state index contributed by atoms with van der Waals surface area (Å²) in [6.45, 7) is 0.495. The molecule has 0 spiro atoms. The number of nitrogen functional groups attached to an aromatic ring is 1. The number of para-hydroxylation sites is 1. The number of fused-ring (bicyclic) bond motifs is 1. The van der Waals surface area contributed by atoms with Crippen LogP contribution in [-0.2, 0) is 11.3 Å². The highest BCUT2D eigenvalue weighted by atomic mass is 32.2. The van der Waals surface area contributed by atoms with Gasteiger partial charge in [0.05, 0.1) is 22.5 Å². The first kappa shape index (κ1) is 14.8. The highest BCUT2D eigenvalue weighted by molar-refractivity contribution is 7.99. The Balaban J connectivity index is 1.58. The van der Waals surface area contributed by atoms with Crippen LogP contribution in [0.5, 0.6) is 0 Å². The van der Waals surface area contributed by atoms with Crippen LogP contribution in [0, 0.1) is 0 Å². The predicted octanol–water partition coefficient (Wildman–Crippen LogP) is 1.75. The third kappa shape index (κ3) is 3.37. The summed E-state index contributed by atoms with van der Waals surface area (Å²) >= 11 is 2.85. The van der Waals surface area contributed by atoms with E-state index in [0.29, 0.717) is 11.7 Å². The minimum Gasteiger partial charge on any atom is -0.368 e. The zero-order chi connectivity index (χ0) is 15.5. The quantitative estimate of drug-likeness (QED) is 0.689. The van der Waals surface area contributed by atoms with Gasteiger partial charge < -0.3 is 10.6 Å². The van der Waals surface area contributed by atoms with Gasteiger partial charge in [0.25, 0.3) is 0 Å². The molecule has 0 atom stereocenters. The Bertz CT molecular complexity index is 766. The molecule has 0 bridgehead atoms. The van der Waals surface area contributed by atoms with Crippen molar-refractivity contribution >= 4 is 45.2 Å². The summed E-state index contributed by atoms with van der Waals surface area (Å²) in [5.41, 5.74) is 6.41. The molecule has 2 heterocycles. The van der Waals surface area contributed by atoms with Crippen LogP contribution in [0.2, 0.25) is 0 Å². The van der Waals surface area contributed by atoms with Gasteiger partial charge in [-0.3, -0.25) is 4.79 Å². The second-order valence-electron chi connectivity index (χ2n) is 4.62. The van der Waals surface area contributed by atoms with Crippen molar-refractivity contribution in [2.24, 2.45) is 0 Å². The number of nitrogens with zero attached hydrogens (tertiary/aromatic N) is 4. The Hall–Kier alpha value is -2.13. The molecule has 0 aliphatic rings. The smallest absolute Gasteiger partial charge is 0.233 e. The number of hydrogen-bond acceptors (Lipinski definition) is 7. The molecule has 1 amide bonds. The van der Waals surface area contributed by atoms with Gasteiger partial charge in [-0.15, -0.1) is 16.4 Å². The zero-order valence-electron chi connectivity index (χ0n) is 11.8. The molecule has 3 aromatic rings. The van der Waals surface area contributed by atoms with Crippen molar-refractivity contribution in [1.29, 1.82) is 0 Å². The lowest BCUT2D eigenvalue weighted by Gasteiger charge is -2.14. The monoisotopic (exact) mass is 334 g/mol. The van der Waals surface area contributed by atoms with E-state index < -0.39 is 0 Å². The molecular weight excluding hydrogens is 320 g/mol. The lowest BCUT2D eigenvalue weighted by Crippen LogP contribution is -2.27. The number of H-pyrrole nitrogens is 1. The molecule has 2 aromatic heterocycles. The maximum Gasteiger partial charge on any atom is 0.233 e. The highest BCUT2D eigenvalue weighted by Crippen LogP contribution is 2.22. The minimum absolute atomic E-state index is 0.00683. The van der Waals surface area contributed by atoms with E-state index in [9.17, 15) is 4.79 Å². The second kappa shape index (κ2) is 6.32. The Morgan fingerprint density at radius 3 is 2.95 bits per heavy atom. The van der Waals surface area contributed by atoms with Crippen LogP contribution in [-0.4, -0.2) is 43.8 Å². The average Bonchev–Trinajstić information content (AvgIpc) is 3.09. The molecule has 22 heavy (non-hydrogen) atoms. The summed E-state index contributed by atoms with van der Waals surface area (Å²) in [4.78, 5) is 22.3. The fraction of sp³-hybridized carbons (Fsp3) is 0.231. The molecule has 9 heteroatoms. The largest absolute Gasteiger partial charge is 0.368 e. The molecule has 0 saturated heterocycles. The number of benzene rings is 1. The number of carbonyl (C=O) groups excluding carboxylic acids is 1. The molecule has 3 rings (SSSR count). The van der Waals surface area contributed by atoms with Crippen molar-refractivity contribution in [3.05, 3.63) is 29.3 Å². The molecule has 7 nitrogen and oxygen atoms in total. The third-order valence-corrected chi connectivity index (χ3v) is 4.80. The van der Waals surface area contributed by atoms with Crippen molar-refractivity contribution in [2.75, 3.05) is 18.5 Å². The molecule has 3 N–H and O–H groups in total. The second-order valence-corrected chi connectivity index (χ2v) is 6.67. The first-order chi connectivity index (χ1) is 10.6. The van der Waals surface area contributed by atoms with Crippen molar-refractivity contribution < 1.29 is 4.79 Å². The van der Waals surface area contributed by atoms with Gasteiger partial charge >= 0.3 is 0 Å². The number of nitrogens with two attached hydrogens (primary N) is 1. The fourth-order valence-corrected chi connectivity index (χ4v) is 3.60. The molecule has 1 aromatic carbocycles. The van der Waals surface area contributed by atoms with Crippen LogP contribution in [0.1, 0.15) is 5.01 Å². The highest BCUT2D eigenvalue weighted by Gasteiger charge is 2.13. The number of nitrogens with one attached hydrogen (secondary N) is 1. The molecule has 0 aliphatic carbocycles. The van der Waals surface area contributed by atoms with E-state index in [-0.39, 0.29) is 17.6 Å². The normalized spacial score (nSPS) is 11.0. The Kier molecular flexibility index (Phi) is 4.25. The minimum atomic E-state index is -0.00683. The number of aromatic amines is 1. The summed E-state index contributed by atoms with van der Waals surface area (Å²) in [7, 11) is 1.77. The van der Waals surface area contributed by atoms with Crippen LogP contribution >= 0.6 is 23.1 Å². The van der Waals surface area contributed by atoms with Gasteiger partial charge in [-0.1, -0.05) is 23.9 Å². The molecular formula is C13H14N6OS2. The van der Waals surface area contributed by atoms with E-state index >= 15 is 0 Å². The van der Waals surface area contributed by atoms with Crippen molar-refractivity contribution in [3.63, 3.8) is 0 Å². The van der Waals surface area contributed by atoms with E-state index in [1.54, 1.807) is 23.3 Å². The number of hydrogen-bond donors (Lipinski definition) is 2. The van der Waals surface area contributed by atoms with Crippen LogP contribution in [0.3, 0.4) is 0 Å². The van der Waals surface area contributed by atoms with Gasteiger partial charge in [-0.25, -0.2) is 10.1 Å². The van der Waals surface area contributed by atoms with Gasteiger partial charge in [-0.2, -0.15) is 4.98 Å². The third-order valence-electron chi connectivity index (χ3n) is 2.94. The predicted molar refractivity (Wildman–Crippen MR) is 87.6 cm³/mol. The van der Waals surface area contributed by atoms with Gasteiger partial charge in [0.2, 0.25) is 17.0 Å². The van der Waals surface area contributed by atoms with E-state index in [1.807, 2.05) is 24.3 Å². The SMILES string of the molecule is CN(Cc1nc2ccccc2s1)C(=O)CSc1n[nH]c(N)n1. The van der Waals surface area contributed by atoms with Crippen molar-refractivity contribution in [2.45, 2.75) is 11.7 Å². The number of amides is 1. The first-order valence-corrected chi connectivity index (χ1v) is 8.31. The van der Waals surface area contributed by atoms with Gasteiger partial charge in [-0.05, 0) is 12.1 Å². The van der Waals surface area contributed by atoms with Gasteiger partial charge in [0, 0.05) is 7.05 Å². The number of rotatable bonds is 5. The first-order valence-electron chi connectivity index (χ1n) is 6.51. The van der Waals surface area contributed by atoms with E-state index in [1.165, 1.54) is 11.8 Å². The lowest BCUT2D eigenvalue weighted by molar-refractivity contribution is -0.127. The standard InChI is InChI=1S/C13H14N6OS2/c1-19(11(20)7-21-13-16-12(14)17-18-13)6-10-15-8-4-2-3-5-9(8)22-10/h2-5H,6-7H2,1H3,(H3,14,16,17,18). The van der Waals surface area contributed by atoms with E-state index in [0.717, 1.165) is 15.2 Å². The van der Waals surface area contributed by atoms with E-state index in [4.69, 9.17) is 5.73 Å². The van der Waals surface area contributed by atoms with Crippen LogP contribution in [0.15, 0.2) is 29.4 Å². The maximum atomic E-state index is 12.1. The summed E-state index contributed by atoms with van der Waals surface area (Å²) in [5.74, 6) is 0.504. The molecule has 0 aliphatic heterocycles. The molecule has 0 radical (unpaired) electrons. The van der Waals surface area contributed by atoms with Crippen LogP contribution < -0.4 is 5.73 Å². The molecule has 0 unspecified atom stereocenters.